The molecule has 8 heteroatoms. The summed E-state index contributed by atoms with van der Waals surface area (Å²) in [7, 11) is 0. The highest BCUT2D eigenvalue weighted by atomic mass is 35.5. The lowest BCUT2D eigenvalue weighted by Gasteiger charge is -2.29. The SMILES string of the molecule is O=C(NC1CCC1)c1cc2c(cc1F)OC(c1ccc(F)cc1)(c1ccc(Cl)cc1Cl)O2. The van der Waals surface area contributed by atoms with Gasteiger partial charge in [0.25, 0.3) is 5.91 Å². The lowest BCUT2D eigenvalue weighted by Crippen LogP contribution is -2.39. The predicted molar refractivity (Wildman–Crippen MR) is 116 cm³/mol. The van der Waals surface area contributed by atoms with E-state index in [4.69, 9.17) is 32.7 Å². The Kier molecular flexibility index (Phi) is 5.22. The zero-order valence-corrected chi connectivity index (χ0v) is 18.1. The number of carbonyl (C=O) groups is 1. The molecular weight excluding hydrogens is 459 g/mol. The van der Waals surface area contributed by atoms with Gasteiger partial charge >= 0.3 is 5.79 Å². The predicted octanol–water partition coefficient (Wildman–Crippen LogP) is 6.23. The molecule has 2 aliphatic rings. The van der Waals surface area contributed by atoms with Crippen molar-refractivity contribution in [2.24, 2.45) is 0 Å². The number of hydrogen-bond acceptors (Lipinski definition) is 3. The van der Waals surface area contributed by atoms with E-state index >= 15 is 0 Å². The second-order valence-corrected chi connectivity index (χ2v) is 8.68. The molecule has 1 unspecified atom stereocenters. The summed E-state index contributed by atoms with van der Waals surface area (Å²) in [5.74, 6) is -3.04. The first-order valence-corrected chi connectivity index (χ1v) is 10.9. The maximum absolute atomic E-state index is 14.8. The van der Waals surface area contributed by atoms with Gasteiger partial charge in [0.2, 0.25) is 0 Å². The fourth-order valence-corrected chi connectivity index (χ4v) is 4.36. The number of carbonyl (C=O) groups excluding carboxylic acids is 1. The monoisotopic (exact) mass is 475 g/mol. The average Bonchev–Trinajstić information content (AvgIpc) is 3.09. The molecule has 32 heavy (non-hydrogen) atoms. The Morgan fingerprint density at radius 1 is 0.969 bits per heavy atom. The van der Waals surface area contributed by atoms with Crippen LogP contribution in [0.1, 0.15) is 40.7 Å². The summed E-state index contributed by atoms with van der Waals surface area (Å²) in [6.07, 6.45) is 2.79. The largest absolute Gasteiger partial charge is 0.440 e. The lowest BCUT2D eigenvalue weighted by atomic mass is 9.93. The third kappa shape index (κ3) is 3.57. The summed E-state index contributed by atoms with van der Waals surface area (Å²) in [5, 5.41) is 3.47. The van der Waals surface area contributed by atoms with Crippen LogP contribution in [0, 0.1) is 11.6 Å². The minimum absolute atomic E-state index is 0.0542. The highest BCUT2D eigenvalue weighted by Crippen LogP contribution is 2.50. The minimum Gasteiger partial charge on any atom is -0.440 e. The van der Waals surface area contributed by atoms with Gasteiger partial charge in [0.05, 0.1) is 16.1 Å². The number of rotatable bonds is 4. The van der Waals surface area contributed by atoms with Crippen molar-refractivity contribution in [3.05, 3.63) is 93.0 Å². The molecule has 0 radical (unpaired) electrons. The van der Waals surface area contributed by atoms with E-state index in [1.807, 2.05) is 0 Å². The highest BCUT2D eigenvalue weighted by molar-refractivity contribution is 6.35. The van der Waals surface area contributed by atoms with Crippen molar-refractivity contribution in [3.8, 4) is 11.5 Å². The number of amides is 1. The molecule has 0 spiro atoms. The van der Waals surface area contributed by atoms with Gasteiger partial charge in [0.1, 0.15) is 11.6 Å². The summed E-state index contributed by atoms with van der Waals surface area (Å²) in [4.78, 5) is 12.6. The Labute approximate surface area is 193 Å². The van der Waals surface area contributed by atoms with Crippen molar-refractivity contribution in [2.45, 2.75) is 31.1 Å². The van der Waals surface area contributed by atoms with Crippen LogP contribution in [-0.2, 0) is 5.79 Å². The zero-order valence-electron chi connectivity index (χ0n) is 16.6. The van der Waals surface area contributed by atoms with E-state index in [0.717, 1.165) is 25.3 Å². The smallest absolute Gasteiger partial charge is 0.307 e. The Balaban J connectivity index is 1.58. The Morgan fingerprint density at radius 2 is 1.66 bits per heavy atom. The maximum Gasteiger partial charge on any atom is 0.307 e. The summed E-state index contributed by atoms with van der Waals surface area (Å²) >= 11 is 12.5. The lowest BCUT2D eigenvalue weighted by molar-refractivity contribution is -0.0459. The van der Waals surface area contributed by atoms with Gasteiger partial charge in [-0.25, -0.2) is 8.78 Å². The highest BCUT2D eigenvalue weighted by Gasteiger charge is 2.47. The van der Waals surface area contributed by atoms with Gasteiger partial charge in [-0.2, -0.15) is 0 Å². The van der Waals surface area contributed by atoms with Crippen LogP contribution >= 0.6 is 23.2 Å². The molecule has 3 aromatic carbocycles. The molecular formula is C24H17Cl2F2NO3. The fraction of sp³-hybridized carbons (Fsp3) is 0.208. The molecule has 1 amide bonds. The van der Waals surface area contributed by atoms with E-state index in [2.05, 4.69) is 5.32 Å². The van der Waals surface area contributed by atoms with E-state index in [9.17, 15) is 13.6 Å². The molecule has 164 valence electrons. The summed E-state index contributed by atoms with van der Waals surface area (Å²) in [6, 6.07) is 12.7. The molecule has 1 heterocycles. The number of halogens is 4. The summed E-state index contributed by atoms with van der Waals surface area (Å²) in [5.41, 5.74) is 0.684. The molecule has 1 fully saturated rings. The molecule has 0 bridgehead atoms. The van der Waals surface area contributed by atoms with Crippen LogP contribution in [0.15, 0.2) is 54.6 Å². The van der Waals surface area contributed by atoms with E-state index < -0.39 is 23.3 Å². The van der Waals surface area contributed by atoms with Crippen molar-refractivity contribution < 1.29 is 23.0 Å². The molecule has 4 nitrogen and oxygen atoms in total. The minimum atomic E-state index is -1.62. The quantitative estimate of drug-likeness (QED) is 0.486. The molecule has 0 aromatic heterocycles. The van der Waals surface area contributed by atoms with Crippen molar-refractivity contribution in [1.29, 1.82) is 0 Å². The third-order valence-corrected chi connectivity index (χ3v) is 6.28. The molecule has 1 saturated carbocycles. The Morgan fingerprint density at radius 3 is 2.28 bits per heavy atom. The maximum atomic E-state index is 14.8. The number of nitrogens with one attached hydrogen (secondary N) is 1. The molecule has 1 atom stereocenters. The van der Waals surface area contributed by atoms with E-state index in [-0.39, 0.29) is 28.1 Å². The van der Waals surface area contributed by atoms with Crippen LogP contribution in [0.25, 0.3) is 0 Å². The van der Waals surface area contributed by atoms with Gasteiger partial charge in [0.15, 0.2) is 11.5 Å². The number of ether oxygens (including phenoxy) is 2. The molecule has 1 N–H and O–H groups in total. The summed E-state index contributed by atoms with van der Waals surface area (Å²) < 4.78 is 40.7. The van der Waals surface area contributed by atoms with Gasteiger partial charge in [-0.15, -0.1) is 0 Å². The van der Waals surface area contributed by atoms with Crippen LogP contribution in [0.3, 0.4) is 0 Å². The number of hydrogen-bond donors (Lipinski definition) is 1. The van der Waals surface area contributed by atoms with Crippen LogP contribution in [0.2, 0.25) is 10.0 Å². The van der Waals surface area contributed by atoms with Crippen LogP contribution in [0.4, 0.5) is 8.78 Å². The number of benzene rings is 3. The van der Waals surface area contributed by atoms with Crippen molar-refractivity contribution in [3.63, 3.8) is 0 Å². The zero-order chi connectivity index (χ0) is 22.5. The molecule has 1 aliphatic heterocycles. The third-order valence-electron chi connectivity index (χ3n) is 5.74. The van der Waals surface area contributed by atoms with E-state index in [1.165, 1.54) is 36.4 Å². The first kappa shape index (κ1) is 21.0. The Hall–Kier alpha value is -2.83. The van der Waals surface area contributed by atoms with Crippen LogP contribution in [-0.4, -0.2) is 11.9 Å². The topological polar surface area (TPSA) is 47.6 Å². The Bertz CT molecular complexity index is 1210. The molecule has 1 aliphatic carbocycles. The van der Waals surface area contributed by atoms with Gasteiger partial charge in [0, 0.05) is 22.7 Å². The van der Waals surface area contributed by atoms with Gasteiger partial charge < -0.3 is 14.8 Å². The molecule has 5 rings (SSSR count). The van der Waals surface area contributed by atoms with E-state index in [0.29, 0.717) is 16.1 Å². The van der Waals surface area contributed by atoms with E-state index in [1.54, 1.807) is 12.1 Å². The van der Waals surface area contributed by atoms with Gasteiger partial charge in [-0.05, 0) is 67.8 Å². The number of fused-ring (bicyclic) bond motifs is 1. The molecule has 3 aromatic rings. The normalized spacial score (nSPS) is 19.5. The standard InChI is InChI=1S/C24H17Cl2F2NO3/c25-14-6-9-18(19(26)10-14)24(13-4-7-15(27)8-5-13)31-21-11-17(20(28)12-22(21)32-24)23(30)29-16-2-1-3-16/h4-12,16H,1-3H2,(H,29,30). The molecule has 0 saturated heterocycles. The fourth-order valence-electron chi connectivity index (χ4n) is 3.82. The second kappa shape index (κ2) is 7.94. The first-order valence-electron chi connectivity index (χ1n) is 10.1. The van der Waals surface area contributed by atoms with Crippen molar-refractivity contribution in [2.75, 3.05) is 0 Å². The average molecular weight is 476 g/mol. The summed E-state index contributed by atoms with van der Waals surface area (Å²) in [6.45, 7) is 0. The van der Waals surface area contributed by atoms with Crippen molar-refractivity contribution in [1.82, 2.24) is 5.32 Å². The first-order chi connectivity index (χ1) is 15.4. The van der Waals surface area contributed by atoms with Crippen LogP contribution in [0.5, 0.6) is 11.5 Å². The van der Waals surface area contributed by atoms with Crippen LogP contribution < -0.4 is 14.8 Å². The van der Waals surface area contributed by atoms with Gasteiger partial charge in [-0.3, -0.25) is 4.79 Å². The second-order valence-electron chi connectivity index (χ2n) is 7.83. The van der Waals surface area contributed by atoms with Crippen molar-refractivity contribution >= 4 is 29.1 Å². The van der Waals surface area contributed by atoms with Gasteiger partial charge in [-0.1, -0.05) is 23.2 Å².